The zero-order valence-electron chi connectivity index (χ0n) is 12.0. The van der Waals surface area contributed by atoms with Gasteiger partial charge in [-0.05, 0) is 35.6 Å². The van der Waals surface area contributed by atoms with Crippen LogP contribution in [0.4, 0.5) is 0 Å². The number of aliphatic hydroxyl groups excluding tert-OH is 1. The molecule has 0 unspecified atom stereocenters. The zero-order chi connectivity index (χ0) is 15.5. The van der Waals surface area contributed by atoms with Crippen LogP contribution in [0.25, 0.3) is 22.1 Å². The van der Waals surface area contributed by atoms with Gasteiger partial charge in [-0.25, -0.2) is 4.79 Å². The Kier molecular flexibility index (Phi) is 3.94. The maximum Gasteiger partial charge on any atom is 0.336 e. The van der Waals surface area contributed by atoms with Crippen molar-refractivity contribution in [2.45, 2.75) is 12.8 Å². The number of phenols is 1. The number of fused-ring (bicyclic) bond motifs is 1. The monoisotopic (exact) mass is 296 g/mol. The third kappa shape index (κ3) is 2.73. The maximum atomic E-state index is 11.8. The molecule has 0 aliphatic rings. The van der Waals surface area contributed by atoms with Crippen molar-refractivity contribution in [3.8, 4) is 16.9 Å². The van der Waals surface area contributed by atoms with Crippen molar-refractivity contribution in [2.75, 3.05) is 6.61 Å². The minimum Gasteiger partial charge on any atom is -0.508 e. The molecule has 0 saturated heterocycles. The van der Waals surface area contributed by atoms with Crippen LogP contribution < -0.4 is 5.63 Å². The lowest BCUT2D eigenvalue weighted by Gasteiger charge is -2.09. The minimum atomic E-state index is -0.450. The number of aryl methyl sites for hydroxylation is 1. The first kappa shape index (κ1) is 14.4. The molecule has 0 amide bonds. The number of hydrogen-bond donors (Lipinski definition) is 2. The normalized spacial score (nSPS) is 11.0. The fourth-order valence-corrected chi connectivity index (χ4v) is 2.57. The van der Waals surface area contributed by atoms with Crippen molar-refractivity contribution in [2.24, 2.45) is 0 Å². The molecule has 2 aromatic carbocycles. The first-order valence-corrected chi connectivity index (χ1v) is 7.15. The lowest BCUT2D eigenvalue weighted by molar-refractivity contribution is 0.288. The number of rotatable bonds is 4. The Hall–Kier alpha value is -2.59. The molecule has 2 N–H and O–H groups in total. The lowest BCUT2D eigenvalue weighted by Crippen LogP contribution is -1.99. The molecule has 4 heteroatoms. The molecule has 0 spiro atoms. The van der Waals surface area contributed by atoms with Crippen molar-refractivity contribution < 1.29 is 14.6 Å². The molecule has 3 rings (SSSR count). The Morgan fingerprint density at radius 2 is 1.82 bits per heavy atom. The number of phenolic OH excluding ortho intramolecular Hbond substituents is 1. The number of aromatic hydroxyl groups is 1. The molecule has 0 fully saturated rings. The standard InChI is InChI=1S/C18H16O4/c19-8-4-7-13-9-15-14(12-5-2-1-3-6-12)10-18(21)22-17(15)11-16(13)20/h1-3,5-6,9-11,19-20H,4,7-8H2. The Morgan fingerprint density at radius 3 is 2.55 bits per heavy atom. The number of hydrogen-bond acceptors (Lipinski definition) is 4. The van der Waals surface area contributed by atoms with Crippen LogP contribution in [0.1, 0.15) is 12.0 Å². The lowest BCUT2D eigenvalue weighted by atomic mass is 9.98. The zero-order valence-corrected chi connectivity index (χ0v) is 12.0. The van der Waals surface area contributed by atoms with E-state index >= 15 is 0 Å². The fourth-order valence-electron chi connectivity index (χ4n) is 2.57. The molecule has 4 nitrogen and oxygen atoms in total. The summed E-state index contributed by atoms with van der Waals surface area (Å²) in [6.07, 6.45) is 1.13. The van der Waals surface area contributed by atoms with Crippen LogP contribution in [0.15, 0.2) is 57.7 Å². The first-order chi connectivity index (χ1) is 10.7. The average molecular weight is 296 g/mol. The summed E-state index contributed by atoms with van der Waals surface area (Å²) in [5.41, 5.74) is 2.33. The van der Waals surface area contributed by atoms with E-state index in [0.717, 1.165) is 22.1 Å². The quantitative estimate of drug-likeness (QED) is 0.726. The third-order valence-corrected chi connectivity index (χ3v) is 3.63. The van der Waals surface area contributed by atoms with Gasteiger partial charge in [0.25, 0.3) is 0 Å². The summed E-state index contributed by atoms with van der Waals surface area (Å²) in [5, 5.41) is 19.8. The van der Waals surface area contributed by atoms with Gasteiger partial charge in [0, 0.05) is 24.1 Å². The predicted molar refractivity (Wildman–Crippen MR) is 85.0 cm³/mol. The maximum absolute atomic E-state index is 11.8. The van der Waals surface area contributed by atoms with Crippen LogP contribution in [0.2, 0.25) is 0 Å². The highest BCUT2D eigenvalue weighted by Gasteiger charge is 2.11. The van der Waals surface area contributed by atoms with Gasteiger partial charge in [0.1, 0.15) is 11.3 Å². The average Bonchev–Trinajstić information content (AvgIpc) is 2.53. The van der Waals surface area contributed by atoms with Gasteiger partial charge in [0.05, 0.1) is 0 Å². The molecule has 1 heterocycles. The van der Waals surface area contributed by atoms with Crippen LogP contribution in [0, 0.1) is 0 Å². The van der Waals surface area contributed by atoms with Gasteiger partial charge >= 0.3 is 5.63 Å². The van der Waals surface area contributed by atoms with Gasteiger partial charge in [0.15, 0.2) is 0 Å². The summed E-state index contributed by atoms with van der Waals surface area (Å²) in [6.45, 7) is 0.0624. The highest BCUT2D eigenvalue weighted by Crippen LogP contribution is 2.32. The third-order valence-electron chi connectivity index (χ3n) is 3.63. The molecule has 0 saturated carbocycles. The van der Waals surface area contributed by atoms with Crippen LogP contribution in [-0.2, 0) is 6.42 Å². The number of aliphatic hydroxyl groups is 1. The van der Waals surface area contributed by atoms with E-state index in [4.69, 9.17) is 9.52 Å². The van der Waals surface area contributed by atoms with E-state index in [1.807, 2.05) is 36.4 Å². The van der Waals surface area contributed by atoms with Crippen LogP contribution >= 0.6 is 0 Å². The van der Waals surface area contributed by atoms with Gasteiger partial charge in [-0.2, -0.15) is 0 Å². The summed E-state index contributed by atoms with van der Waals surface area (Å²) in [7, 11) is 0. The van der Waals surface area contributed by atoms with Gasteiger partial charge in [0.2, 0.25) is 0 Å². The Morgan fingerprint density at radius 1 is 1.05 bits per heavy atom. The van der Waals surface area contributed by atoms with E-state index in [1.54, 1.807) is 0 Å². The van der Waals surface area contributed by atoms with E-state index in [2.05, 4.69) is 0 Å². The second kappa shape index (κ2) is 6.03. The SMILES string of the molecule is O=c1cc(-c2ccccc2)c2cc(CCCO)c(O)cc2o1. The summed E-state index contributed by atoms with van der Waals surface area (Å²) in [4.78, 5) is 11.8. The molecule has 0 atom stereocenters. The van der Waals surface area contributed by atoms with Crippen LogP contribution in [-0.4, -0.2) is 16.8 Å². The second-order valence-electron chi connectivity index (χ2n) is 5.15. The van der Waals surface area contributed by atoms with E-state index < -0.39 is 5.63 Å². The molecule has 3 aromatic rings. The van der Waals surface area contributed by atoms with E-state index in [0.29, 0.717) is 18.4 Å². The smallest absolute Gasteiger partial charge is 0.336 e. The topological polar surface area (TPSA) is 70.7 Å². The van der Waals surface area contributed by atoms with Gasteiger partial charge < -0.3 is 14.6 Å². The van der Waals surface area contributed by atoms with Gasteiger partial charge in [-0.1, -0.05) is 30.3 Å². The van der Waals surface area contributed by atoms with E-state index in [1.165, 1.54) is 12.1 Å². The molecule has 0 radical (unpaired) electrons. The van der Waals surface area contributed by atoms with Crippen molar-refractivity contribution in [1.82, 2.24) is 0 Å². The van der Waals surface area contributed by atoms with Crippen molar-refractivity contribution in [3.05, 3.63) is 64.5 Å². The molecule has 0 bridgehead atoms. The van der Waals surface area contributed by atoms with E-state index in [9.17, 15) is 9.90 Å². The molecular weight excluding hydrogens is 280 g/mol. The summed E-state index contributed by atoms with van der Waals surface area (Å²) in [5.74, 6) is 0.0781. The highest BCUT2D eigenvalue weighted by atomic mass is 16.4. The minimum absolute atomic E-state index is 0.0624. The molecule has 1 aromatic heterocycles. The van der Waals surface area contributed by atoms with Gasteiger partial charge in [-0.15, -0.1) is 0 Å². The van der Waals surface area contributed by atoms with Gasteiger partial charge in [-0.3, -0.25) is 0 Å². The van der Waals surface area contributed by atoms with Crippen LogP contribution in [0.5, 0.6) is 5.75 Å². The molecule has 0 aliphatic carbocycles. The van der Waals surface area contributed by atoms with Crippen LogP contribution in [0.3, 0.4) is 0 Å². The first-order valence-electron chi connectivity index (χ1n) is 7.15. The fraction of sp³-hybridized carbons (Fsp3) is 0.167. The van der Waals surface area contributed by atoms with Crippen molar-refractivity contribution in [3.63, 3.8) is 0 Å². The number of benzene rings is 2. The van der Waals surface area contributed by atoms with Crippen molar-refractivity contribution >= 4 is 11.0 Å². The van der Waals surface area contributed by atoms with E-state index in [-0.39, 0.29) is 12.4 Å². The molecule has 0 aliphatic heterocycles. The largest absolute Gasteiger partial charge is 0.508 e. The Bertz CT molecular complexity index is 850. The Labute approximate surface area is 127 Å². The molecular formula is C18H16O4. The summed E-state index contributed by atoms with van der Waals surface area (Å²) in [6, 6.07) is 14.3. The molecule has 22 heavy (non-hydrogen) atoms. The second-order valence-corrected chi connectivity index (χ2v) is 5.15. The predicted octanol–water partition coefficient (Wildman–Crippen LogP) is 3.09. The Balaban J connectivity index is 2.25. The highest BCUT2D eigenvalue weighted by molar-refractivity contribution is 5.94. The summed E-state index contributed by atoms with van der Waals surface area (Å²) < 4.78 is 5.20. The summed E-state index contributed by atoms with van der Waals surface area (Å²) >= 11 is 0. The molecule has 112 valence electrons. The van der Waals surface area contributed by atoms with Crippen molar-refractivity contribution in [1.29, 1.82) is 0 Å².